The van der Waals surface area contributed by atoms with Crippen LogP contribution in [0.4, 0.5) is 0 Å². The van der Waals surface area contributed by atoms with E-state index in [0.29, 0.717) is 26.9 Å². The Kier molecular flexibility index (Phi) is 6.98. The zero-order chi connectivity index (χ0) is 21.7. The number of aromatic carboxylic acids is 1. The van der Waals surface area contributed by atoms with Crippen LogP contribution in [0.2, 0.25) is 10.0 Å². The van der Waals surface area contributed by atoms with E-state index in [9.17, 15) is 9.59 Å². The summed E-state index contributed by atoms with van der Waals surface area (Å²) in [6, 6.07) is 18.1. The summed E-state index contributed by atoms with van der Waals surface area (Å²) < 4.78 is 5.77. The summed E-state index contributed by atoms with van der Waals surface area (Å²) in [5.74, 6) is -0.794. The topological polar surface area (TPSA) is 75.6 Å². The number of carboxylic acids is 1. The van der Waals surface area contributed by atoms with Gasteiger partial charge in [-0.15, -0.1) is 0 Å². The first-order chi connectivity index (χ1) is 14.3. The third-order valence-corrected chi connectivity index (χ3v) is 5.09. The minimum atomic E-state index is -1.000. The van der Waals surface area contributed by atoms with Crippen LogP contribution < -0.4 is 10.1 Å². The van der Waals surface area contributed by atoms with E-state index in [0.717, 1.165) is 5.56 Å². The molecule has 0 saturated carbocycles. The van der Waals surface area contributed by atoms with Crippen molar-refractivity contribution >= 4 is 35.1 Å². The summed E-state index contributed by atoms with van der Waals surface area (Å²) in [6.45, 7) is 1.96. The van der Waals surface area contributed by atoms with Crippen molar-refractivity contribution in [2.24, 2.45) is 0 Å². The van der Waals surface area contributed by atoms with E-state index in [1.54, 1.807) is 48.5 Å². The van der Waals surface area contributed by atoms with Gasteiger partial charge in [-0.2, -0.15) is 0 Å². The van der Waals surface area contributed by atoms with Crippen LogP contribution in [0.3, 0.4) is 0 Å². The Morgan fingerprint density at radius 2 is 1.73 bits per heavy atom. The molecule has 3 rings (SSSR count). The number of halogens is 2. The van der Waals surface area contributed by atoms with E-state index in [1.165, 1.54) is 12.1 Å². The highest BCUT2D eigenvalue weighted by atomic mass is 35.5. The molecule has 0 aromatic heterocycles. The Morgan fingerprint density at radius 1 is 1.03 bits per heavy atom. The van der Waals surface area contributed by atoms with Crippen LogP contribution in [0.1, 0.15) is 44.8 Å². The molecule has 0 aliphatic rings. The van der Waals surface area contributed by atoms with E-state index < -0.39 is 5.97 Å². The van der Waals surface area contributed by atoms with Crippen molar-refractivity contribution < 1.29 is 19.4 Å². The maximum absolute atomic E-state index is 12.9. The fourth-order valence-electron chi connectivity index (χ4n) is 2.88. The molecule has 0 bridgehead atoms. The number of carbonyl (C=O) groups is 2. The lowest BCUT2D eigenvalue weighted by atomic mass is 10.0. The molecular weight excluding hydrogens is 425 g/mol. The summed E-state index contributed by atoms with van der Waals surface area (Å²) >= 11 is 12.2. The first kappa shape index (κ1) is 21.7. The third kappa shape index (κ3) is 5.32. The van der Waals surface area contributed by atoms with Crippen LogP contribution in [0.25, 0.3) is 0 Å². The molecule has 1 amide bonds. The number of carbonyl (C=O) groups excluding carboxylic acids is 1. The first-order valence-corrected chi connectivity index (χ1v) is 9.90. The third-order valence-electron chi connectivity index (χ3n) is 4.54. The molecule has 0 unspecified atom stereocenters. The van der Waals surface area contributed by atoms with Crippen molar-refractivity contribution in [1.29, 1.82) is 0 Å². The molecule has 7 heteroatoms. The number of carboxylic acid groups (broad SMARTS) is 1. The van der Waals surface area contributed by atoms with Crippen LogP contribution >= 0.6 is 23.2 Å². The molecule has 2 N–H and O–H groups in total. The van der Waals surface area contributed by atoms with Gasteiger partial charge in [0.2, 0.25) is 0 Å². The molecule has 0 spiro atoms. The number of nitrogens with one attached hydrogen (secondary N) is 1. The molecule has 1 atom stereocenters. The van der Waals surface area contributed by atoms with Gasteiger partial charge in [0, 0.05) is 16.1 Å². The number of benzene rings is 3. The Hall–Kier alpha value is -3.02. The number of hydrogen-bond acceptors (Lipinski definition) is 3. The fraction of sp³-hybridized carbons (Fsp3) is 0.130. The summed E-state index contributed by atoms with van der Waals surface area (Å²) in [6.07, 6.45) is 0. The van der Waals surface area contributed by atoms with Gasteiger partial charge >= 0.3 is 5.97 Å². The van der Waals surface area contributed by atoms with Crippen molar-refractivity contribution in [2.45, 2.75) is 19.6 Å². The van der Waals surface area contributed by atoms with Gasteiger partial charge in [-0.25, -0.2) is 4.79 Å². The largest absolute Gasteiger partial charge is 0.487 e. The van der Waals surface area contributed by atoms with E-state index >= 15 is 0 Å². The van der Waals surface area contributed by atoms with Crippen molar-refractivity contribution in [3.8, 4) is 5.75 Å². The molecule has 5 nitrogen and oxygen atoms in total. The molecule has 0 saturated heterocycles. The van der Waals surface area contributed by atoms with Crippen LogP contribution in [0, 0.1) is 0 Å². The minimum Gasteiger partial charge on any atom is -0.487 e. The maximum Gasteiger partial charge on any atom is 0.335 e. The highest BCUT2D eigenvalue weighted by Gasteiger charge is 2.17. The normalized spacial score (nSPS) is 11.6. The number of ether oxygens (including phenoxy) is 1. The quantitative estimate of drug-likeness (QED) is 0.486. The van der Waals surface area contributed by atoms with Gasteiger partial charge in [0.25, 0.3) is 5.91 Å². The number of para-hydroxylation sites is 1. The minimum absolute atomic E-state index is 0.144. The van der Waals surface area contributed by atoms with Crippen molar-refractivity contribution in [1.82, 2.24) is 5.32 Å². The average Bonchev–Trinajstić information content (AvgIpc) is 2.73. The molecule has 3 aromatic rings. The highest BCUT2D eigenvalue weighted by Crippen LogP contribution is 2.25. The molecule has 0 aliphatic heterocycles. The molecule has 30 heavy (non-hydrogen) atoms. The van der Waals surface area contributed by atoms with Crippen molar-refractivity contribution in [2.75, 3.05) is 0 Å². The van der Waals surface area contributed by atoms with E-state index in [4.69, 9.17) is 33.0 Å². The molecule has 3 aromatic carbocycles. The summed E-state index contributed by atoms with van der Waals surface area (Å²) in [5.41, 5.74) is 2.02. The van der Waals surface area contributed by atoms with Crippen LogP contribution in [-0.2, 0) is 6.61 Å². The summed E-state index contributed by atoms with van der Waals surface area (Å²) in [5, 5.41) is 12.8. The predicted molar refractivity (Wildman–Crippen MR) is 117 cm³/mol. The van der Waals surface area contributed by atoms with Gasteiger partial charge < -0.3 is 15.2 Å². The Labute approximate surface area is 184 Å². The van der Waals surface area contributed by atoms with Crippen LogP contribution in [0.15, 0.2) is 66.7 Å². The van der Waals surface area contributed by atoms with E-state index in [2.05, 4.69) is 5.32 Å². The molecule has 0 radical (unpaired) electrons. The monoisotopic (exact) mass is 443 g/mol. The Bertz CT molecular complexity index is 1070. The lowest BCUT2D eigenvalue weighted by molar-refractivity contribution is 0.0696. The SMILES string of the molecule is C[C@H](NC(=O)c1cc(Cl)ccc1COc1ccccc1Cl)c1ccc(C(=O)O)cc1. The van der Waals surface area contributed by atoms with Gasteiger partial charge in [-0.1, -0.05) is 53.5 Å². The number of rotatable bonds is 7. The summed E-state index contributed by atoms with van der Waals surface area (Å²) in [7, 11) is 0. The molecule has 0 heterocycles. The zero-order valence-electron chi connectivity index (χ0n) is 16.1. The van der Waals surface area contributed by atoms with Gasteiger partial charge in [0.05, 0.1) is 16.6 Å². The molecule has 0 aliphatic carbocycles. The van der Waals surface area contributed by atoms with Crippen LogP contribution in [0.5, 0.6) is 5.75 Å². The smallest absolute Gasteiger partial charge is 0.335 e. The van der Waals surface area contributed by atoms with Crippen LogP contribution in [-0.4, -0.2) is 17.0 Å². The van der Waals surface area contributed by atoms with Crippen molar-refractivity contribution in [3.05, 3.63) is 99.0 Å². The Morgan fingerprint density at radius 3 is 2.40 bits per heavy atom. The number of amides is 1. The second-order valence-corrected chi connectivity index (χ2v) is 7.49. The van der Waals surface area contributed by atoms with Crippen molar-refractivity contribution in [3.63, 3.8) is 0 Å². The zero-order valence-corrected chi connectivity index (χ0v) is 17.6. The van der Waals surface area contributed by atoms with Gasteiger partial charge in [0.15, 0.2) is 0 Å². The van der Waals surface area contributed by atoms with E-state index in [-0.39, 0.29) is 24.1 Å². The predicted octanol–water partition coefficient (Wildman–Crippen LogP) is 5.76. The maximum atomic E-state index is 12.9. The van der Waals surface area contributed by atoms with Gasteiger partial charge in [-0.3, -0.25) is 4.79 Å². The fourth-order valence-corrected chi connectivity index (χ4v) is 3.24. The molecular formula is C23H19Cl2NO4. The second kappa shape index (κ2) is 9.65. The summed E-state index contributed by atoms with van der Waals surface area (Å²) in [4.78, 5) is 23.9. The second-order valence-electron chi connectivity index (χ2n) is 6.64. The standard InChI is InChI=1S/C23H19Cl2NO4/c1-14(15-6-8-16(9-7-15)23(28)29)26-22(27)19-12-18(24)11-10-17(19)13-30-21-5-3-2-4-20(21)25/h2-12,14H,13H2,1H3,(H,26,27)(H,28,29)/t14-/m0/s1. The molecule has 154 valence electrons. The van der Waals surface area contributed by atoms with Gasteiger partial charge in [0.1, 0.15) is 12.4 Å². The Balaban J connectivity index is 1.75. The van der Waals surface area contributed by atoms with Gasteiger partial charge in [-0.05, 0) is 48.9 Å². The molecule has 0 fully saturated rings. The lowest BCUT2D eigenvalue weighted by Gasteiger charge is -2.17. The van der Waals surface area contributed by atoms with E-state index in [1.807, 2.05) is 13.0 Å². The first-order valence-electron chi connectivity index (χ1n) is 9.15. The number of hydrogen-bond donors (Lipinski definition) is 2. The highest BCUT2D eigenvalue weighted by molar-refractivity contribution is 6.32. The average molecular weight is 444 g/mol. The lowest BCUT2D eigenvalue weighted by Crippen LogP contribution is -2.27.